The fraction of sp³-hybridized carbons (Fsp3) is 0.526. The topological polar surface area (TPSA) is 47.3 Å². The van der Waals surface area contributed by atoms with Gasteiger partial charge in [0.25, 0.3) is 0 Å². The minimum absolute atomic E-state index is 0.649. The van der Waals surface area contributed by atoms with E-state index >= 15 is 0 Å². The summed E-state index contributed by atoms with van der Waals surface area (Å²) >= 11 is 0. The van der Waals surface area contributed by atoms with E-state index in [1.54, 1.807) is 0 Å². The van der Waals surface area contributed by atoms with Crippen LogP contribution >= 0.6 is 0 Å². The quantitative estimate of drug-likeness (QED) is 0.803. The second-order valence-electron chi connectivity index (χ2n) is 6.99. The van der Waals surface area contributed by atoms with Gasteiger partial charge in [-0.1, -0.05) is 13.0 Å². The Morgan fingerprint density at radius 1 is 1.22 bits per heavy atom. The van der Waals surface area contributed by atoms with Gasteiger partial charge in [0.2, 0.25) is 5.88 Å². The minimum atomic E-state index is 0.649. The van der Waals surface area contributed by atoms with Crippen molar-refractivity contribution in [3.63, 3.8) is 0 Å². The van der Waals surface area contributed by atoms with Crippen molar-refractivity contribution in [2.75, 3.05) is 6.61 Å². The van der Waals surface area contributed by atoms with Crippen molar-refractivity contribution in [3.8, 4) is 5.88 Å². The summed E-state index contributed by atoms with van der Waals surface area (Å²) in [4.78, 5) is 4.36. The standard InChI is InChI=1S/C19H24N2O2/c1-13-8-17(13)18-6-5-16(23-18)11-20-9-15-4-7-19(21-10-15)22-12-14-2-3-14/h4-7,10,13-14,17,20H,2-3,8-9,11-12H2,1H3. The van der Waals surface area contributed by atoms with Crippen molar-refractivity contribution in [2.45, 2.75) is 45.2 Å². The van der Waals surface area contributed by atoms with Crippen LogP contribution in [-0.2, 0) is 13.1 Å². The van der Waals surface area contributed by atoms with E-state index in [0.29, 0.717) is 5.92 Å². The molecule has 2 aromatic heterocycles. The third-order valence-electron chi connectivity index (χ3n) is 4.75. The van der Waals surface area contributed by atoms with E-state index in [1.165, 1.54) is 19.3 Å². The molecule has 2 saturated carbocycles. The van der Waals surface area contributed by atoms with Gasteiger partial charge in [-0.15, -0.1) is 0 Å². The third-order valence-corrected chi connectivity index (χ3v) is 4.75. The van der Waals surface area contributed by atoms with Gasteiger partial charge >= 0.3 is 0 Å². The third kappa shape index (κ3) is 3.94. The van der Waals surface area contributed by atoms with Crippen LogP contribution in [-0.4, -0.2) is 11.6 Å². The maximum Gasteiger partial charge on any atom is 0.213 e. The molecule has 2 heterocycles. The van der Waals surface area contributed by atoms with Crippen molar-refractivity contribution in [3.05, 3.63) is 47.5 Å². The van der Waals surface area contributed by atoms with Gasteiger partial charge in [-0.3, -0.25) is 0 Å². The first-order chi connectivity index (χ1) is 11.3. The molecule has 2 aromatic rings. The molecule has 4 nitrogen and oxygen atoms in total. The number of rotatable bonds is 8. The lowest BCUT2D eigenvalue weighted by molar-refractivity contribution is 0.288. The van der Waals surface area contributed by atoms with Crippen LogP contribution in [0.15, 0.2) is 34.9 Å². The largest absolute Gasteiger partial charge is 0.477 e. The lowest BCUT2D eigenvalue weighted by Crippen LogP contribution is -2.12. The van der Waals surface area contributed by atoms with Gasteiger partial charge in [0.05, 0.1) is 13.2 Å². The van der Waals surface area contributed by atoms with Crippen LogP contribution in [0.2, 0.25) is 0 Å². The average Bonchev–Trinajstić information content (AvgIpc) is 3.48. The van der Waals surface area contributed by atoms with Gasteiger partial charge in [-0.2, -0.15) is 0 Å². The number of hydrogen-bond donors (Lipinski definition) is 1. The number of hydrogen-bond acceptors (Lipinski definition) is 4. The van der Waals surface area contributed by atoms with E-state index < -0.39 is 0 Å². The molecule has 2 atom stereocenters. The highest BCUT2D eigenvalue weighted by molar-refractivity contribution is 5.19. The highest BCUT2D eigenvalue weighted by Gasteiger charge is 2.36. The fourth-order valence-corrected chi connectivity index (χ4v) is 2.83. The Bertz CT molecular complexity index is 646. The van der Waals surface area contributed by atoms with Gasteiger partial charge in [-0.25, -0.2) is 4.98 Å². The maximum atomic E-state index is 5.90. The van der Waals surface area contributed by atoms with Crippen LogP contribution in [0.1, 0.15) is 49.2 Å². The maximum absolute atomic E-state index is 5.90. The second-order valence-corrected chi connectivity index (χ2v) is 6.99. The zero-order valence-electron chi connectivity index (χ0n) is 13.6. The molecule has 23 heavy (non-hydrogen) atoms. The van der Waals surface area contributed by atoms with Crippen LogP contribution in [0.5, 0.6) is 5.88 Å². The molecule has 4 rings (SSSR count). The molecule has 4 heteroatoms. The lowest BCUT2D eigenvalue weighted by atomic mass is 10.2. The summed E-state index contributed by atoms with van der Waals surface area (Å²) in [6.07, 6.45) is 5.75. The monoisotopic (exact) mass is 312 g/mol. The van der Waals surface area contributed by atoms with Gasteiger partial charge in [0, 0.05) is 24.7 Å². The molecule has 122 valence electrons. The molecule has 0 amide bonds. The van der Waals surface area contributed by atoms with E-state index in [4.69, 9.17) is 9.15 Å². The summed E-state index contributed by atoms with van der Waals surface area (Å²) in [6, 6.07) is 8.24. The van der Waals surface area contributed by atoms with Crippen LogP contribution in [0.25, 0.3) is 0 Å². The molecular weight excluding hydrogens is 288 g/mol. The Morgan fingerprint density at radius 3 is 2.78 bits per heavy atom. The molecule has 0 aliphatic heterocycles. The molecule has 0 radical (unpaired) electrons. The Labute approximate surface area is 137 Å². The van der Waals surface area contributed by atoms with Crippen molar-refractivity contribution < 1.29 is 9.15 Å². The van der Waals surface area contributed by atoms with Crippen molar-refractivity contribution in [1.82, 2.24) is 10.3 Å². The summed E-state index contributed by atoms with van der Waals surface area (Å²) in [5.74, 6) is 5.08. The van der Waals surface area contributed by atoms with Crippen molar-refractivity contribution in [2.24, 2.45) is 11.8 Å². The van der Waals surface area contributed by atoms with Crippen LogP contribution in [0.3, 0.4) is 0 Å². The minimum Gasteiger partial charge on any atom is -0.477 e. The predicted octanol–water partition coefficient (Wildman–Crippen LogP) is 3.88. The zero-order chi connectivity index (χ0) is 15.6. The van der Waals surface area contributed by atoms with Crippen LogP contribution in [0.4, 0.5) is 0 Å². The number of nitrogens with zero attached hydrogens (tertiary/aromatic N) is 1. The first-order valence-electron chi connectivity index (χ1n) is 8.65. The molecule has 0 spiro atoms. The van der Waals surface area contributed by atoms with E-state index in [2.05, 4.69) is 35.4 Å². The van der Waals surface area contributed by atoms with Crippen molar-refractivity contribution in [1.29, 1.82) is 0 Å². The highest BCUT2D eigenvalue weighted by Crippen LogP contribution is 2.47. The molecule has 2 fully saturated rings. The first kappa shape index (κ1) is 14.8. The SMILES string of the molecule is CC1CC1c1ccc(CNCc2ccc(OCC3CC3)nc2)o1. The molecule has 2 aliphatic rings. The summed E-state index contributed by atoms with van der Waals surface area (Å²) in [6.45, 7) is 4.62. The number of pyridine rings is 1. The number of nitrogens with one attached hydrogen (secondary N) is 1. The van der Waals surface area contributed by atoms with E-state index in [9.17, 15) is 0 Å². The molecule has 0 aromatic carbocycles. The molecule has 0 saturated heterocycles. The number of furan rings is 1. The summed E-state index contributed by atoms with van der Waals surface area (Å²) in [5.41, 5.74) is 1.16. The zero-order valence-corrected chi connectivity index (χ0v) is 13.6. The van der Waals surface area contributed by atoms with E-state index in [1.807, 2.05) is 12.3 Å². The van der Waals surface area contributed by atoms with Gasteiger partial charge < -0.3 is 14.5 Å². The van der Waals surface area contributed by atoms with E-state index in [-0.39, 0.29) is 0 Å². The highest BCUT2D eigenvalue weighted by atomic mass is 16.5. The average molecular weight is 312 g/mol. The smallest absolute Gasteiger partial charge is 0.213 e. The lowest BCUT2D eigenvalue weighted by Gasteiger charge is -2.06. The Hall–Kier alpha value is -1.81. The van der Waals surface area contributed by atoms with Crippen LogP contribution in [0, 0.1) is 11.8 Å². The molecule has 0 bridgehead atoms. The number of aromatic nitrogens is 1. The number of ether oxygens (including phenoxy) is 1. The molecule has 2 unspecified atom stereocenters. The van der Waals surface area contributed by atoms with Crippen LogP contribution < -0.4 is 10.1 Å². The first-order valence-corrected chi connectivity index (χ1v) is 8.65. The summed E-state index contributed by atoms with van der Waals surface area (Å²) < 4.78 is 11.5. The van der Waals surface area contributed by atoms with Gasteiger partial charge in [0.1, 0.15) is 11.5 Å². The summed E-state index contributed by atoms with van der Waals surface area (Å²) in [7, 11) is 0. The Balaban J connectivity index is 1.21. The van der Waals surface area contributed by atoms with Gasteiger partial charge in [-0.05, 0) is 48.8 Å². The Morgan fingerprint density at radius 2 is 2.09 bits per heavy atom. The fourth-order valence-electron chi connectivity index (χ4n) is 2.83. The molecule has 2 aliphatic carbocycles. The molecule has 1 N–H and O–H groups in total. The second kappa shape index (κ2) is 6.36. The van der Waals surface area contributed by atoms with E-state index in [0.717, 1.165) is 54.5 Å². The Kier molecular flexibility index (Phi) is 4.08. The normalized spacial score (nSPS) is 23.0. The van der Waals surface area contributed by atoms with Crippen molar-refractivity contribution >= 4 is 0 Å². The van der Waals surface area contributed by atoms with Gasteiger partial charge in [0.15, 0.2) is 0 Å². The summed E-state index contributed by atoms with van der Waals surface area (Å²) in [5, 5.41) is 3.41. The predicted molar refractivity (Wildman–Crippen MR) is 88.2 cm³/mol. The molecular formula is C19H24N2O2.